The molecule has 0 aliphatic heterocycles. The average molecular weight is 203 g/mol. The van der Waals surface area contributed by atoms with Crippen molar-refractivity contribution in [3.05, 3.63) is 29.7 Å². The molecule has 3 nitrogen and oxygen atoms in total. The first-order chi connectivity index (χ1) is 7.18. The van der Waals surface area contributed by atoms with E-state index in [0.717, 1.165) is 13.0 Å². The van der Waals surface area contributed by atoms with Gasteiger partial charge in [0.1, 0.15) is 0 Å². The van der Waals surface area contributed by atoms with Gasteiger partial charge in [0.25, 0.3) is 0 Å². The summed E-state index contributed by atoms with van der Waals surface area (Å²) in [5, 5.41) is 1.26. The molecule has 0 aliphatic carbocycles. The third kappa shape index (κ3) is 2.02. The van der Waals surface area contributed by atoms with E-state index in [0.29, 0.717) is 0 Å². The number of nitrogens with zero attached hydrogens (tertiary/aromatic N) is 2. The molecule has 0 saturated carbocycles. The standard InChI is InChI=1S/C12H17N3/c1-9-6-13-8-11-10(4-5-15(2)3)7-14-12(9)11/h6-8,14H,4-5H2,1-3H3. The molecule has 2 heterocycles. The van der Waals surface area contributed by atoms with Crippen molar-refractivity contribution in [3.63, 3.8) is 0 Å². The third-order valence-corrected chi connectivity index (χ3v) is 2.70. The first kappa shape index (κ1) is 10.2. The average Bonchev–Trinajstić information content (AvgIpc) is 2.59. The van der Waals surface area contributed by atoms with Gasteiger partial charge >= 0.3 is 0 Å². The van der Waals surface area contributed by atoms with E-state index in [2.05, 4.69) is 42.1 Å². The predicted octanol–water partition coefficient (Wildman–Crippen LogP) is 1.98. The minimum absolute atomic E-state index is 1.07. The second-order valence-electron chi connectivity index (χ2n) is 4.25. The molecular weight excluding hydrogens is 186 g/mol. The Morgan fingerprint density at radius 3 is 2.87 bits per heavy atom. The van der Waals surface area contributed by atoms with Gasteiger partial charge in [-0.05, 0) is 38.6 Å². The minimum Gasteiger partial charge on any atom is -0.361 e. The number of aromatic amines is 1. The number of aromatic nitrogens is 2. The molecule has 0 bridgehead atoms. The van der Waals surface area contributed by atoms with Crippen LogP contribution in [0.5, 0.6) is 0 Å². The summed E-state index contributed by atoms with van der Waals surface area (Å²) in [5.41, 5.74) is 3.79. The Kier molecular flexibility index (Phi) is 2.73. The molecule has 15 heavy (non-hydrogen) atoms. The maximum Gasteiger partial charge on any atom is 0.0517 e. The summed E-state index contributed by atoms with van der Waals surface area (Å²) in [4.78, 5) is 9.76. The van der Waals surface area contributed by atoms with E-state index in [1.807, 2.05) is 12.4 Å². The Morgan fingerprint density at radius 1 is 1.33 bits per heavy atom. The second kappa shape index (κ2) is 4.03. The smallest absolute Gasteiger partial charge is 0.0517 e. The molecule has 3 heteroatoms. The van der Waals surface area contributed by atoms with Gasteiger partial charge in [0.2, 0.25) is 0 Å². The van der Waals surface area contributed by atoms with E-state index in [-0.39, 0.29) is 0 Å². The predicted molar refractivity (Wildman–Crippen MR) is 63.1 cm³/mol. The fraction of sp³-hybridized carbons (Fsp3) is 0.417. The van der Waals surface area contributed by atoms with Gasteiger partial charge in [-0.1, -0.05) is 0 Å². The summed E-state index contributed by atoms with van der Waals surface area (Å²) in [5.74, 6) is 0. The molecule has 0 atom stereocenters. The molecule has 2 rings (SSSR count). The number of hydrogen-bond acceptors (Lipinski definition) is 2. The molecule has 80 valence electrons. The number of rotatable bonds is 3. The largest absolute Gasteiger partial charge is 0.361 e. The van der Waals surface area contributed by atoms with Crippen LogP contribution in [0, 0.1) is 6.92 Å². The van der Waals surface area contributed by atoms with Crippen LogP contribution in [0.3, 0.4) is 0 Å². The fourth-order valence-corrected chi connectivity index (χ4v) is 1.79. The highest BCUT2D eigenvalue weighted by Crippen LogP contribution is 2.20. The Bertz CT molecular complexity index is 457. The minimum atomic E-state index is 1.07. The van der Waals surface area contributed by atoms with Gasteiger partial charge < -0.3 is 9.88 Å². The molecule has 0 spiro atoms. The van der Waals surface area contributed by atoms with Gasteiger partial charge in [-0.15, -0.1) is 0 Å². The van der Waals surface area contributed by atoms with Crippen LogP contribution >= 0.6 is 0 Å². The van der Waals surface area contributed by atoms with Crippen molar-refractivity contribution in [2.24, 2.45) is 0 Å². The highest BCUT2D eigenvalue weighted by atomic mass is 15.0. The Morgan fingerprint density at radius 2 is 2.13 bits per heavy atom. The lowest BCUT2D eigenvalue weighted by atomic mass is 10.1. The molecule has 0 aromatic carbocycles. The molecule has 0 aliphatic rings. The topological polar surface area (TPSA) is 31.9 Å². The Balaban J connectivity index is 2.33. The van der Waals surface area contributed by atoms with Crippen molar-refractivity contribution in [2.75, 3.05) is 20.6 Å². The van der Waals surface area contributed by atoms with Crippen LogP contribution in [0.2, 0.25) is 0 Å². The summed E-state index contributed by atoms with van der Waals surface area (Å²) in [6, 6.07) is 0. The maximum atomic E-state index is 4.24. The van der Waals surface area contributed by atoms with Crippen LogP contribution in [0.25, 0.3) is 10.9 Å². The highest BCUT2D eigenvalue weighted by Gasteiger charge is 2.05. The monoisotopic (exact) mass is 203 g/mol. The quantitative estimate of drug-likeness (QED) is 0.827. The number of H-pyrrole nitrogens is 1. The van der Waals surface area contributed by atoms with Crippen molar-refractivity contribution >= 4 is 10.9 Å². The second-order valence-corrected chi connectivity index (χ2v) is 4.25. The van der Waals surface area contributed by atoms with Crippen LogP contribution in [-0.2, 0) is 6.42 Å². The SMILES string of the molecule is Cc1cncc2c(CCN(C)C)c[nH]c12. The van der Waals surface area contributed by atoms with Crippen molar-refractivity contribution in [3.8, 4) is 0 Å². The van der Waals surface area contributed by atoms with E-state index in [1.165, 1.54) is 22.0 Å². The van der Waals surface area contributed by atoms with Crippen LogP contribution in [-0.4, -0.2) is 35.5 Å². The number of nitrogens with one attached hydrogen (secondary N) is 1. The van der Waals surface area contributed by atoms with Crippen LogP contribution in [0.1, 0.15) is 11.1 Å². The number of likely N-dealkylation sites (N-methyl/N-ethyl adjacent to an activating group) is 1. The van der Waals surface area contributed by atoms with Gasteiger partial charge in [0, 0.05) is 30.5 Å². The van der Waals surface area contributed by atoms with Gasteiger partial charge in [-0.3, -0.25) is 4.98 Å². The maximum absolute atomic E-state index is 4.24. The summed E-state index contributed by atoms with van der Waals surface area (Å²) in [6.45, 7) is 3.16. The van der Waals surface area contributed by atoms with Crippen molar-refractivity contribution < 1.29 is 0 Å². The van der Waals surface area contributed by atoms with Crippen molar-refractivity contribution in [1.82, 2.24) is 14.9 Å². The molecule has 0 amide bonds. The zero-order valence-corrected chi connectivity index (χ0v) is 9.54. The molecule has 0 fully saturated rings. The highest BCUT2D eigenvalue weighted by molar-refractivity contribution is 5.84. The molecule has 1 N–H and O–H groups in total. The van der Waals surface area contributed by atoms with Gasteiger partial charge in [-0.2, -0.15) is 0 Å². The number of pyridine rings is 1. The normalized spacial score (nSPS) is 11.5. The van der Waals surface area contributed by atoms with Gasteiger partial charge in [-0.25, -0.2) is 0 Å². The molecule has 2 aromatic heterocycles. The van der Waals surface area contributed by atoms with Crippen LogP contribution in [0.4, 0.5) is 0 Å². The lowest BCUT2D eigenvalue weighted by molar-refractivity contribution is 0.414. The molecule has 0 saturated heterocycles. The van der Waals surface area contributed by atoms with E-state index in [9.17, 15) is 0 Å². The van der Waals surface area contributed by atoms with Crippen molar-refractivity contribution in [2.45, 2.75) is 13.3 Å². The third-order valence-electron chi connectivity index (χ3n) is 2.70. The lowest BCUT2D eigenvalue weighted by Gasteiger charge is -2.07. The van der Waals surface area contributed by atoms with Gasteiger partial charge in [0.15, 0.2) is 0 Å². The molecular formula is C12H17N3. The lowest BCUT2D eigenvalue weighted by Crippen LogP contribution is -2.14. The summed E-state index contributed by atoms with van der Waals surface area (Å²) >= 11 is 0. The van der Waals surface area contributed by atoms with E-state index in [4.69, 9.17) is 0 Å². The Labute approximate surface area is 90.1 Å². The van der Waals surface area contributed by atoms with Crippen molar-refractivity contribution in [1.29, 1.82) is 0 Å². The van der Waals surface area contributed by atoms with E-state index >= 15 is 0 Å². The first-order valence-electron chi connectivity index (χ1n) is 5.24. The molecule has 2 aromatic rings. The number of fused-ring (bicyclic) bond motifs is 1. The molecule has 0 unspecified atom stereocenters. The number of aryl methyl sites for hydroxylation is 1. The summed E-state index contributed by atoms with van der Waals surface area (Å²) in [6.07, 6.45) is 7.01. The molecule has 0 radical (unpaired) electrons. The summed E-state index contributed by atoms with van der Waals surface area (Å²) < 4.78 is 0. The fourth-order valence-electron chi connectivity index (χ4n) is 1.79. The first-order valence-corrected chi connectivity index (χ1v) is 5.24. The van der Waals surface area contributed by atoms with E-state index in [1.54, 1.807) is 0 Å². The van der Waals surface area contributed by atoms with Gasteiger partial charge in [0.05, 0.1) is 5.52 Å². The van der Waals surface area contributed by atoms with Crippen LogP contribution < -0.4 is 0 Å². The van der Waals surface area contributed by atoms with E-state index < -0.39 is 0 Å². The zero-order valence-electron chi connectivity index (χ0n) is 9.54. The zero-order chi connectivity index (χ0) is 10.8. The van der Waals surface area contributed by atoms with Crippen LogP contribution in [0.15, 0.2) is 18.6 Å². The Hall–Kier alpha value is -1.35. The number of hydrogen-bond donors (Lipinski definition) is 1. The summed E-state index contributed by atoms with van der Waals surface area (Å²) in [7, 11) is 4.19.